The number of ether oxygens (including phenoxy) is 4. The molecule has 0 aliphatic carbocycles. The van der Waals surface area contributed by atoms with Gasteiger partial charge in [0.2, 0.25) is 0 Å². The number of carbonyl (C=O) groups excluding carboxylic acids is 3. The fourth-order valence-corrected chi connectivity index (χ4v) is 6.14. The van der Waals surface area contributed by atoms with Crippen molar-refractivity contribution in [3.63, 3.8) is 0 Å². The average molecular weight is 867 g/mol. The average Bonchev–Trinajstić information content (AvgIpc) is 3.26. The van der Waals surface area contributed by atoms with Crippen molar-refractivity contribution in [2.75, 3.05) is 46.8 Å². The van der Waals surface area contributed by atoms with Gasteiger partial charge in [0.05, 0.1) is 7.11 Å². The number of rotatable bonds is 28. The lowest BCUT2D eigenvalue weighted by molar-refractivity contribution is 0.0730. The van der Waals surface area contributed by atoms with Crippen molar-refractivity contribution in [2.24, 2.45) is 17.8 Å². The molecule has 0 saturated carbocycles. The molecule has 0 amide bonds. The summed E-state index contributed by atoms with van der Waals surface area (Å²) in [5.74, 6) is 2.77. The summed E-state index contributed by atoms with van der Waals surface area (Å²) in [6, 6.07) is 24.1. The molecule has 1 unspecified atom stereocenters. The van der Waals surface area contributed by atoms with Gasteiger partial charge in [-0.1, -0.05) is 116 Å². The van der Waals surface area contributed by atoms with E-state index in [1.165, 1.54) is 36.0 Å². The summed E-state index contributed by atoms with van der Waals surface area (Å²) >= 11 is 0. The van der Waals surface area contributed by atoms with Crippen molar-refractivity contribution in [3.05, 3.63) is 136 Å². The third kappa shape index (κ3) is 30.3. The molecule has 3 aromatic rings. The number of aryl methyl sites for hydroxylation is 1. The zero-order valence-corrected chi connectivity index (χ0v) is 40.9. The van der Waals surface area contributed by atoms with E-state index in [4.69, 9.17) is 18.9 Å². The van der Waals surface area contributed by atoms with E-state index < -0.39 is 0 Å². The first-order valence-corrected chi connectivity index (χ1v) is 23.1. The fraction of sp³-hybridized carbons (Fsp3) is 0.518. The van der Waals surface area contributed by atoms with Crippen LogP contribution in [0, 0.1) is 24.7 Å². The second-order valence-electron chi connectivity index (χ2n) is 17.6. The Bertz CT molecular complexity index is 1760. The Morgan fingerprint density at radius 1 is 0.460 bits per heavy atom. The van der Waals surface area contributed by atoms with Crippen molar-refractivity contribution >= 4 is 17.3 Å². The van der Waals surface area contributed by atoms with Crippen LogP contribution in [0.25, 0.3) is 0 Å². The Labute approximate surface area is 382 Å². The number of methoxy groups -OCH3 is 1. The molecule has 3 atom stereocenters. The van der Waals surface area contributed by atoms with Gasteiger partial charge in [0.1, 0.15) is 25.6 Å². The second-order valence-corrected chi connectivity index (χ2v) is 17.6. The summed E-state index contributed by atoms with van der Waals surface area (Å²) in [4.78, 5) is 35.7. The summed E-state index contributed by atoms with van der Waals surface area (Å²) in [6.07, 6.45) is 16.7. The van der Waals surface area contributed by atoms with E-state index in [0.29, 0.717) is 43.1 Å². The van der Waals surface area contributed by atoms with E-state index in [-0.39, 0.29) is 37.2 Å². The van der Waals surface area contributed by atoms with Gasteiger partial charge in [-0.15, -0.1) is 0 Å². The molecule has 3 rings (SSSR count). The van der Waals surface area contributed by atoms with Gasteiger partial charge in [0.15, 0.2) is 17.3 Å². The Kier molecular flexibility index (Phi) is 31.4. The van der Waals surface area contributed by atoms with Crippen molar-refractivity contribution < 1.29 is 33.3 Å². The molecular formula is C56H82O7. The molecule has 3 aromatic carbocycles. The molecule has 7 nitrogen and oxygen atoms in total. The highest BCUT2D eigenvalue weighted by Crippen LogP contribution is 2.16. The van der Waals surface area contributed by atoms with Gasteiger partial charge < -0.3 is 18.9 Å². The lowest BCUT2D eigenvalue weighted by Gasteiger charge is -2.10. The van der Waals surface area contributed by atoms with Crippen molar-refractivity contribution in [1.29, 1.82) is 0 Å². The molecule has 0 N–H and O–H groups in total. The van der Waals surface area contributed by atoms with Crippen molar-refractivity contribution in [3.8, 4) is 5.75 Å². The number of carbonyl (C=O) groups is 3. The largest absolute Gasteiger partial charge is 0.497 e. The third-order valence-corrected chi connectivity index (χ3v) is 10.5. The smallest absolute Gasteiger partial charge is 0.188 e. The predicted molar refractivity (Wildman–Crippen MR) is 263 cm³/mol. The molecule has 0 radical (unpaired) electrons. The SMILES string of the molecule is CC(C)=CCC[C@H](C)CCOCC(=O)c1ccc(C)cc1.CC(C)=CCC[C@H](C)CCOCC(=O)c1ccccc1.COc1ccc(C(=O)COCCC(C)CCC=C(C)C)cc1. The van der Waals surface area contributed by atoms with Gasteiger partial charge in [-0.25, -0.2) is 0 Å². The highest BCUT2D eigenvalue weighted by atomic mass is 16.5. The summed E-state index contributed by atoms with van der Waals surface area (Å²) in [5, 5.41) is 0. The normalized spacial score (nSPS) is 11.9. The molecule has 0 aromatic heterocycles. The van der Waals surface area contributed by atoms with E-state index in [2.05, 4.69) is 80.5 Å². The molecule has 7 heteroatoms. The van der Waals surface area contributed by atoms with Crippen LogP contribution in [0.4, 0.5) is 0 Å². The van der Waals surface area contributed by atoms with Gasteiger partial charge in [0.25, 0.3) is 0 Å². The number of Topliss-reactive ketones (excluding diaryl/α,β-unsaturated/α-hetero) is 3. The Morgan fingerprint density at radius 3 is 1.10 bits per heavy atom. The van der Waals surface area contributed by atoms with E-state index in [1.807, 2.05) is 61.5 Å². The summed E-state index contributed by atoms with van der Waals surface area (Å²) in [5.41, 5.74) is 7.41. The maximum absolute atomic E-state index is 12.0. The molecule has 0 heterocycles. The van der Waals surface area contributed by atoms with Crippen LogP contribution in [0.3, 0.4) is 0 Å². The molecule has 0 fully saturated rings. The number of ketones is 3. The Balaban J connectivity index is 0.000000473. The van der Waals surface area contributed by atoms with Crippen LogP contribution in [0.2, 0.25) is 0 Å². The molecule has 0 aliphatic heterocycles. The number of hydrogen-bond donors (Lipinski definition) is 0. The van der Waals surface area contributed by atoms with Gasteiger partial charge in [-0.2, -0.15) is 0 Å². The molecule has 0 spiro atoms. The molecule has 348 valence electrons. The number of allylic oxidation sites excluding steroid dienone is 6. The molecule has 63 heavy (non-hydrogen) atoms. The standard InChI is InChI=1S/C19H28O3.C19H28O2.C18H26O2/c1-15(2)6-5-7-16(3)12-13-22-14-19(20)17-8-10-18(21-4)11-9-17;1-15(2)6-5-7-16(3)12-13-21-14-19(20)18-10-8-17(4)9-11-18;1-15(2)8-7-9-16(3)12-13-20-14-18(19)17-10-5-4-6-11-17/h6,8-11,16H,5,7,12-14H2,1-4H3;6,8-11,16H,5,7,12-14H2,1-4H3;4-6,8,10-11,16H,7,9,12-14H2,1-3H3/t;2*16-/m.00/s1. The van der Waals surface area contributed by atoms with Gasteiger partial charge >= 0.3 is 0 Å². The highest BCUT2D eigenvalue weighted by molar-refractivity contribution is 5.98. The minimum atomic E-state index is 0.0137. The van der Waals surface area contributed by atoms with E-state index >= 15 is 0 Å². The van der Waals surface area contributed by atoms with Crippen LogP contribution in [-0.4, -0.2) is 64.1 Å². The summed E-state index contributed by atoms with van der Waals surface area (Å²) in [7, 11) is 1.61. The molecule has 0 saturated heterocycles. The van der Waals surface area contributed by atoms with Crippen LogP contribution >= 0.6 is 0 Å². The Hall–Kier alpha value is -4.43. The van der Waals surface area contributed by atoms with Crippen molar-refractivity contribution in [2.45, 2.75) is 127 Å². The monoisotopic (exact) mass is 867 g/mol. The van der Waals surface area contributed by atoms with Gasteiger partial charge in [-0.05, 0) is 148 Å². The van der Waals surface area contributed by atoms with Crippen LogP contribution < -0.4 is 4.74 Å². The predicted octanol–water partition coefficient (Wildman–Crippen LogP) is 14.3. The van der Waals surface area contributed by atoms with Gasteiger partial charge in [-0.3, -0.25) is 14.4 Å². The van der Waals surface area contributed by atoms with Crippen LogP contribution in [0.5, 0.6) is 5.75 Å². The minimum absolute atomic E-state index is 0.0137. The zero-order chi connectivity index (χ0) is 46.8. The maximum atomic E-state index is 12.0. The topological polar surface area (TPSA) is 88.1 Å². The summed E-state index contributed by atoms with van der Waals surface area (Å²) in [6.45, 7) is 24.0. The van der Waals surface area contributed by atoms with E-state index in [0.717, 1.165) is 61.0 Å². The third-order valence-electron chi connectivity index (χ3n) is 10.5. The fourth-order valence-electron chi connectivity index (χ4n) is 6.14. The summed E-state index contributed by atoms with van der Waals surface area (Å²) < 4.78 is 21.6. The zero-order valence-electron chi connectivity index (χ0n) is 40.9. The Morgan fingerprint density at radius 2 is 0.778 bits per heavy atom. The van der Waals surface area contributed by atoms with Crippen LogP contribution in [-0.2, 0) is 14.2 Å². The molecule has 0 aliphatic rings. The lowest BCUT2D eigenvalue weighted by Crippen LogP contribution is -2.11. The van der Waals surface area contributed by atoms with Crippen molar-refractivity contribution in [1.82, 2.24) is 0 Å². The van der Waals surface area contributed by atoms with E-state index in [9.17, 15) is 14.4 Å². The second kappa shape index (κ2) is 35.0. The molecular weight excluding hydrogens is 785 g/mol. The first-order valence-electron chi connectivity index (χ1n) is 23.1. The highest BCUT2D eigenvalue weighted by Gasteiger charge is 2.09. The van der Waals surface area contributed by atoms with E-state index in [1.54, 1.807) is 31.4 Å². The van der Waals surface area contributed by atoms with Crippen LogP contribution in [0.15, 0.2) is 114 Å². The molecule has 0 bridgehead atoms. The maximum Gasteiger partial charge on any atom is 0.188 e. The lowest BCUT2D eigenvalue weighted by atomic mass is 10.0. The first kappa shape index (κ1) is 56.6. The van der Waals surface area contributed by atoms with Crippen LogP contribution in [0.1, 0.15) is 157 Å². The quantitative estimate of drug-likeness (QED) is 0.0408. The first-order chi connectivity index (χ1) is 30.1. The van der Waals surface area contributed by atoms with Gasteiger partial charge in [0, 0.05) is 36.5 Å². The number of benzene rings is 3. The number of hydrogen-bond acceptors (Lipinski definition) is 7. The minimum Gasteiger partial charge on any atom is -0.497 e.